The van der Waals surface area contributed by atoms with Crippen LogP contribution < -0.4 is 15.5 Å². The zero-order valence-electron chi connectivity index (χ0n) is 9.99. The molecule has 1 fully saturated rings. The normalized spacial score (nSPS) is 18.5. The topological polar surface area (TPSA) is 44.4 Å². The molecule has 90 valence electrons. The van der Waals surface area contributed by atoms with Crippen molar-refractivity contribution in [2.24, 2.45) is 5.92 Å². The third kappa shape index (κ3) is 2.00. The van der Waals surface area contributed by atoms with Crippen molar-refractivity contribution >= 4 is 17.3 Å². The van der Waals surface area contributed by atoms with Gasteiger partial charge in [0.2, 0.25) is 5.91 Å². The van der Waals surface area contributed by atoms with E-state index in [4.69, 9.17) is 0 Å². The number of anilines is 2. The summed E-state index contributed by atoms with van der Waals surface area (Å²) in [7, 11) is 2.12. The fraction of sp³-hybridized carbons (Fsp3) is 0.462. The van der Waals surface area contributed by atoms with Gasteiger partial charge in [-0.1, -0.05) is 0 Å². The number of carbonyl (C=O) groups excluding carboxylic acids is 1. The van der Waals surface area contributed by atoms with Gasteiger partial charge in [-0.2, -0.15) is 0 Å². The monoisotopic (exact) mass is 231 g/mol. The molecule has 0 saturated carbocycles. The largest absolute Gasteiger partial charge is 0.374 e. The first-order valence-electron chi connectivity index (χ1n) is 6.07. The molecule has 2 aliphatic heterocycles. The van der Waals surface area contributed by atoms with Gasteiger partial charge in [0.25, 0.3) is 0 Å². The van der Waals surface area contributed by atoms with Crippen molar-refractivity contribution < 1.29 is 4.79 Å². The van der Waals surface area contributed by atoms with E-state index in [-0.39, 0.29) is 5.91 Å². The van der Waals surface area contributed by atoms with Gasteiger partial charge in [0, 0.05) is 44.0 Å². The van der Waals surface area contributed by atoms with Gasteiger partial charge in [0.15, 0.2) is 0 Å². The maximum absolute atomic E-state index is 11.3. The summed E-state index contributed by atoms with van der Waals surface area (Å²) >= 11 is 0. The molecule has 3 rings (SSSR count). The molecule has 0 aliphatic carbocycles. The van der Waals surface area contributed by atoms with Crippen molar-refractivity contribution in [3.63, 3.8) is 0 Å². The Hall–Kier alpha value is -1.55. The third-order valence-electron chi connectivity index (χ3n) is 3.55. The van der Waals surface area contributed by atoms with Crippen molar-refractivity contribution in [2.45, 2.75) is 6.42 Å². The SMILES string of the molecule is CN(CC1CNC1)c1ccc2c(c1)CC(=O)N2. The number of benzene rings is 1. The molecule has 1 aromatic carbocycles. The lowest BCUT2D eigenvalue weighted by molar-refractivity contribution is -0.115. The van der Waals surface area contributed by atoms with Gasteiger partial charge in [-0.25, -0.2) is 0 Å². The van der Waals surface area contributed by atoms with Crippen LogP contribution in [0.15, 0.2) is 18.2 Å². The molecule has 0 bridgehead atoms. The van der Waals surface area contributed by atoms with Crippen LogP contribution in [0.4, 0.5) is 11.4 Å². The molecule has 0 radical (unpaired) electrons. The first-order chi connectivity index (χ1) is 8.22. The van der Waals surface area contributed by atoms with Crippen molar-refractivity contribution in [2.75, 3.05) is 36.9 Å². The third-order valence-corrected chi connectivity index (χ3v) is 3.55. The average molecular weight is 231 g/mol. The molecule has 1 saturated heterocycles. The molecule has 4 nitrogen and oxygen atoms in total. The van der Waals surface area contributed by atoms with Gasteiger partial charge >= 0.3 is 0 Å². The van der Waals surface area contributed by atoms with Crippen LogP contribution in [-0.2, 0) is 11.2 Å². The molecule has 2 N–H and O–H groups in total. The Labute approximate surface area is 101 Å². The summed E-state index contributed by atoms with van der Waals surface area (Å²) in [6, 6.07) is 6.21. The van der Waals surface area contributed by atoms with Crippen molar-refractivity contribution in [1.29, 1.82) is 0 Å². The first-order valence-corrected chi connectivity index (χ1v) is 6.07. The lowest BCUT2D eigenvalue weighted by Crippen LogP contribution is -2.47. The van der Waals surface area contributed by atoms with Crippen LogP contribution in [0.2, 0.25) is 0 Å². The molecule has 2 heterocycles. The summed E-state index contributed by atoms with van der Waals surface area (Å²) in [6.45, 7) is 3.32. The highest BCUT2D eigenvalue weighted by molar-refractivity contribution is 5.99. The first kappa shape index (κ1) is 10.6. The average Bonchev–Trinajstić information content (AvgIpc) is 2.62. The zero-order chi connectivity index (χ0) is 11.8. The minimum atomic E-state index is 0.1000. The summed E-state index contributed by atoms with van der Waals surface area (Å²) in [6.07, 6.45) is 0.516. The van der Waals surface area contributed by atoms with Crippen LogP contribution in [0.1, 0.15) is 5.56 Å². The maximum Gasteiger partial charge on any atom is 0.228 e. The van der Waals surface area contributed by atoms with Crippen LogP contribution >= 0.6 is 0 Å². The molecule has 4 heteroatoms. The van der Waals surface area contributed by atoms with E-state index in [1.807, 2.05) is 6.07 Å². The minimum Gasteiger partial charge on any atom is -0.374 e. The molecule has 0 aromatic heterocycles. The molecular weight excluding hydrogens is 214 g/mol. The van der Waals surface area contributed by atoms with Crippen LogP contribution in [0.3, 0.4) is 0 Å². The van der Waals surface area contributed by atoms with Crippen LogP contribution in [0.5, 0.6) is 0 Å². The quantitative estimate of drug-likeness (QED) is 0.810. The van der Waals surface area contributed by atoms with Crippen LogP contribution in [0.25, 0.3) is 0 Å². The van der Waals surface area contributed by atoms with Crippen LogP contribution in [-0.4, -0.2) is 32.6 Å². The molecule has 1 aromatic rings. The number of nitrogens with zero attached hydrogens (tertiary/aromatic N) is 1. The summed E-state index contributed by atoms with van der Waals surface area (Å²) < 4.78 is 0. The van der Waals surface area contributed by atoms with Gasteiger partial charge in [-0.15, -0.1) is 0 Å². The number of hydrogen-bond acceptors (Lipinski definition) is 3. The summed E-state index contributed by atoms with van der Waals surface area (Å²) in [5.41, 5.74) is 3.29. The lowest BCUT2D eigenvalue weighted by atomic mass is 10.0. The van der Waals surface area contributed by atoms with Crippen LogP contribution in [0, 0.1) is 5.92 Å². The molecule has 1 amide bonds. The van der Waals surface area contributed by atoms with Crippen molar-refractivity contribution in [3.05, 3.63) is 23.8 Å². The number of rotatable bonds is 3. The predicted molar refractivity (Wildman–Crippen MR) is 68.4 cm³/mol. The number of nitrogens with one attached hydrogen (secondary N) is 2. The van der Waals surface area contributed by atoms with E-state index in [1.165, 1.54) is 5.69 Å². The Balaban J connectivity index is 1.74. The van der Waals surface area contributed by atoms with Gasteiger partial charge in [-0.05, 0) is 23.8 Å². The maximum atomic E-state index is 11.3. The number of hydrogen-bond donors (Lipinski definition) is 2. The second kappa shape index (κ2) is 4.04. The van der Waals surface area contributed by atoms with E-state index in [0.717, 1.165) is 36.8 Å². The van der Waals surface area contributed by atoms with Gasteiger partial charge < -0.3 is 15.5 Å². The van der Waals surface area contributed by atoms with Crippen molar-refractivity contribution in [1.82, 2.24) is 5.32 Å². The van der Waals surface area contributed by atoms with Gasteiger partial charge in [0.1, 0.15) is 0 Å². The molecule has 0 unspecified atom stereocenters. The fourth-order valence-electron chi connectivity index (χ4n) is 2.42. The standard InChI is InChI=1S/C13H17N3O/c1-16(8-9-6-14-7-9)11-2-3-12-10(4-11)5-13(17)15-12/h2-4,9,14H,5-8H2,1H3,(H,15,17). The number of fused-ring (bicyclic) bond motifs is 1. The Morgan fingerprint density at radius 3 is 2.94 bits per heavy atom. The Morgan fingerprint density at radius 2 is 2.24 bits per heavy atom. The van der Waals surface area contributed by atoms with Gasteiger partial charge in [0.05, 0.1) is 6.42 Å². The van der Waals surface area contributed by atoms with E-state index >= 15 is 0 Å². The summed E-state index contributed by atoms with van der Waals surface area (Å²) in [5, 5.41) is 6.14. The zero-order valence-corrected chi connectivity index (χ0v) is 9.99. The minimum absolute atomic E-state index is 0.1000. The van der Waals surface area contributed by atoms with Crippen molar-refractivity contribution in [3.8, 4) is 0 Å². The highest BCUT2D eigenvalue weighted by atomic mass is 16.1. The Kier molecular flexibility index (Phi) is 2.52. The number of amides is 1. The highest BCUT2D eigenvalue weighted by Crippen LogP contribution is 2.27. The van der Waals surface area contributed by atoms with E-state index in [9.17, 15) is 4.79 Å². The predicted octanol–water partition coefficient (Wildman–Crippen LogP) is 0.837. The molecule has 0 spiro atoms. The Bertz CT molecular complexity index is 454. The summed E-state index contributed by atoms with van der Waals surface area (Å²) in [4.78, 5) is 13.6. The molecule has 2 aliphatic rings. The van der Waals surface area contributed by atoms with E-state index in [0.29, 0.717) is 6.42 Å². The van der Waals surface area contributed by atoms with Gasteiger partial charge in [-0.3, -0.25) is 4.79 Å². The van der Waals surface area contributed by atoms with E-state index in [2.05, 4.69) is 34.7 Å². The number of carbonyl (C=O) groups is 1. The van der Waals surface area contributed by atoms with E-state index < -0.39 is 0 Å². The summed E-state index contributed by atoms with van der Waals surface area (Å²) in [5.74, 6) is 0.857. The molecule has 17 heavy (non-hydrogen) atoms. The second-order valence-electron chi connectivity index (χ2n) is 4.97. The molecular formula is C13H17N3O. The fourth-order valence-corrected chi connectivity index (χ4v) is 2.42. The van der Waals surface area contributed by atoms with E-state index in [1.54, 1.807) is 0 Å². The molecule has 0 atom stereocenters. The lowest BCUT2D eigenvalue weighted by Gasteiger charge is -2.32. The highest BCUT2D eigenvalue weighted by Gasteiger charge is 2.21. The Morgan fingerprint density at radius 1 is 1.41 bits per heavy atom. The second-order valence-corrected chi connectivity index (χ2v) is 4.97. The smallest absolute Gasteiger partial charge is 0.228 e.